The minimum Gasteiger partial charge on any atom is -0.350 e. The molecule has 0 saturated carbocycles. The first-order chi connectivity index (χ1) is 18.9. The highest BCUT2D eigenvalue weighted by atomic mass is 35.5. The molecular formula is C28H27ClN8O2. The Hall–Kier alpha value is -4.54. The Morgan fingerprint density at radius 1 is 0.821 bits per heavy atom. The Morgan fingerprint density at radius 2 is 1.38 bits per heavy atom. The number of carbonyl (C=O) groups excluding carboxylic acids is 2. The first kappa shape index (κ1) is 26.1. The molecule has 2 heterocycles. The SMILES string of the molecule is CC(NCc1ccc(CNc2nc(Cl)nc(NN3CC(=O)NC3=O)n2)cc1)(c1ccccc1)c1ccccc1. The maximum absolute atomic E-state index is 11.8. The summed E-state index contributed by atoms with van der Waals surface area (Å²) in [6.45, 7) is 3.18. The van der Waals surface area contributed by atoms with Gasteiger partial charge < -0.3 is 5.32 Å². The van der Waals surface area contributed by atoms with Crippen LogP contribution in [0.4, 0.5) is 16.7 Å². The van der Waals surface area contributed by atoms with Crippen molar-refractivity contribution in [3.63, 3.8) is 0 Å². The summed E-state index contributed by atoms with van der Waals surface area (Å²) in [6, 6.07) is 28.5. The lowest BCUT2D eigenvalue weighted by Gasteiger charge is -2.32. The molecule has 0 bridgehead atoms. The van der Waals surface area contributed by atoms with E-state index in [0.717, 1.165) is 16.1 Å². The van der Waals surface area contributed by atoms with Gasteiger partial charge in [-0.05, 0) is 40.8 Å². The van der Waals surface area contributed by atoms with Crippen LogP contribution in [0.2, 0.25) is 5.28 Å². The topological polar surface area (TPSA) is 124 Å². The summed E-state index contributed by atoms with van der Waals surface area (Å²) in [4.78, 5) is 35.4. The third-order valence-corrected chi connectivity index (χ3v) is 6.63. The monoisotopic (exact) mass is 542 g/mol. The minimum atomic E-state index is -0.589. The van der Waals surface area contributed by atoms with Crippen LogP contribution in [0.1, 0.15) is 29.2 Å². The van der Waals surface area contributed by atoms with Crippen molar-refractivity contribution in [1.29, 1.82) is 0 Å². The van der Waals surface area contributed by atoms with Gasteiger partial charge >= 0.3 is 6.03 Å². The van der Waals surface area contributed by atoms with Crippen LogP contribution < -0.4 is 21.4 Å². The predicted molar refractivity (Wildman–Crippen MR) is 149 cm³/mol. The van der Waals surface area contributed by atoms with Crippen molar-refractivity contribution < 1.29 is 9.59 Å². The summed E-state index contributed by atoms with van der Waals surface area (Å²) in [5.74, 6) is -0.145. The number of hydrazine groups is 1. The van der Waals surface area contributed by atoms with E-state index in [-0.39, 0.29) is 29.3 Å². The molecule has 1 aliphatic rings. The van der Waals surface area contributed by atoms with Gasteiger partial charge in [-0.1, -0.05) is 84.9 Å². The summed E-state index contributed by atoms with van der Waals surface area (Å²) in [7, 11) is 0. The Balaban J connectivity index is 1.21. The standard InChI is InChI=1S/C28H27ClN8O2/c1-28(21-8-4-2-5-9-21,22-10-6-3-7-11-22)31-17-20-14-12-19(13-15-20)16-30-25-33-24(29)34-26(35-25)36-37-18-23(38)32-27(37)39/h2-15,31H,16-18H2,1H3,(H,32,38,39)(H2,30,33,34,35,36). The molecule has 4 aromatic rings. The minimum absolute atomic E-state index is 0.0450. The second-order valence-corrected chi connectivity index (χ2v) is 9.52. The number of halogens is 1. The highest BCUT2D eigenvalue weighted by Crippen LogP contribution is 2.29. The van der Waals surface area contributed by atoms with Crippen LogP contribution in [0.3, 0.4) is 0 Å². The third-order valence-electron chi connectivity index (χ3n) is 6.46. The number of rotatable bonds is 10. The average Bonchev–Trinajstić information content (AvgIpc) is 3.27. The molecule has 1 aliphatic heterocycles. The summed E-state index contributed by atoms with van der Waals surface area (Å²) in [5.41, 5.74) is 6.86. The number of nitrogens with one attached hydrogen (secondary N) is 4. The van der Waals surface area contributed by atoms with Gasteiger partial charge in [0.2, 0.25) is 23.1 Å². The summed E-state index contributed by atoms with van der Waals surface area (Å²) in [5, 5.41) is 10.0. The average molecular weight is 543 g/mol. The number of benzene rings is 3. The van der Waals surface area contributed by atoms with Gasteiger partial charge in [-0.25, -0.2) is 9.80 Å². The lowest BCUT2D eigenvalue weighted by Crippen LogP contribution is -2.40. The van der Waals surface area contributed by atoms with Crippen LogP contribution in [-0.2, 0) is 23.4 Å². The molecule has 1 aromatic heterocycles. The van der Waals surface area contributed by atoms with Crippen LogP contribution in [0, 0.1) is 0 Å². The van der Waals surface area contributed by atoms with E-state index in [1.54, 1.807) is 0 Å². The Kier molecular flexibility index (Phi) is 7.67. The fraction of sp³-hybridized carbons (Fsp3) is 0.179. The van der Waals surface area contributed by atoms with E-state index in [1.807, 2.05) is 24.3 Å². The summed E-state index contributed by atoms with van der Waals surface area (Å²) < 4.78 is 0. The first-order valence-electron chi connectivity index (χ1n) is 12.4. The zero-order chi connectivity index (χ0) is 27.2. The number of amides is 3. The van der Waals surface area contributed by atoms with Crippen molar-refractivity contribution in [1.82, 2.24) is 30.6 Å². The van der Waals surface area contributed by atoms with E-state index in [1.165, 1.54) is 11.1 Å². The molecule has 198 valence electrons. The number of nitrogens with zero attached hydrogens (tertiary/aromatic N) is 4. The second-order valence-electron chi connectivity index (χ2n) is 9.18. The third kappa shape index (κ3) is 6.31. The quantitative estimate of drug-likeness (QED) is 0.221. The molecule has 3 aromatic carbocycles. The van der Waals surface area contributed by atoms with E-state index in [0.29, 0.717) is 13.1 Å². The van der Waals surface area contributed by atoms with E-state index in [9.17, 15) is 9.59 Å². The molecular weight excluding hydrogens is 516 g/mol. The molecule has 5 rings (SSSR count). The van der Waals surface area contributed by atoms with Crippen molar-refractivity contribution in [2.45, 2.75) is 25.6 Å². The predicted octanol–water partition coefficient (Wildman–Crippen LogP) is 4.07. The van der Waals surface area contributed by atoms with Gasteiger partial charge in [0.1, 0.15) is 6.54 Å². The number of carbonyl (C=O) groups is 2. The molecule has 11 heteroatoms. The normalized spacial score (nSPS) is 13.3. The molecule has 0 spiro atoms. The maximum Gasteiger partial charge on any atom is 0.343 e. The lowest BCUT2D eigenvalue weighted by atomic mass is 9.84. The van der Waals surface area contributed by atoms with Crippen molar-refractivity contribution in [2.75, 3.05) is 17.3 Å². The highest BCUT2D eigenvalue weighted by molar-refractivity contribution is 6.28. The molecule has 0 radical (unpaired) electrons. The van der Waals surface area contributed by atoms with Crippen molar-refractivity contribution in [2.24, 2.45) is 0 Å². The van der Waals surface area contributed by atoms with Gasteiger partial charge in [-0.3, -0.25) is 20.9 Å². The van der Waals surface area contributed by atoms with E-state index in [2.05, 4.69) is 104 Å². The maximum atomic E-state index is 11.8. The van der Waals surface area contributed by atoms with Crippen LogP contribution in [0.25, 0.3) is 0 Å². The van der Waals surface area contributed by atoms with Crippen LogP contribution in [-0.4, -0.2) is 38.4 Å². The fourth-order valence-electron chi connectivity index (χ4n) is 4.28. The van der Waals surface area contributed by atoms with E-state index >= 15 is 0 Å². The highest BCUT2D eigenvalue weighted by Gasteiger charge is 2.28. The van der Waals surface area contributed by atoms with Crippen LogP contribution in [0.15, 0.2) is 84.9 Å². The van der Waals surface area contributed by atoms with Gasteiger partial charge in [-0.2, -0.15) is 15.0 Å². The number of urea groups is 1. The van der Waals surface area contributed by atoms with Gasteiger partial charge in [-0.15, -0.1) is 0 Å². The van der Waals surface area contributed by atoms with Gasteiger partial charge in [0, 0.05) is 13.1 Å². The largest absolute Gasteiger partial charge is 0.350 e. The van der Waals surface area contributed by atoms with Crippen LogP contribution >= 0.6 is 11.6 Å². The molecule has 3 amide bonds. The number of hydrogen-bond acceptors (Lipinski definition) is 8. The molecule has 1 saturated heterocycles. The zero-order valence-electron chi connectivity index (χ0n) is 21.2. The van der Waals surface area contributed by atoms with E-state index in [4.69, 9.17) is 11.6 Å². The Bertz CT molecular complexity index is 1410. The fourth-order valence-corrected chi connectivity index (χ4v) is 4.44. The van der Waals surface area contributed by atoms with Gasteiger partial charge in [0.05, 0.1) is 5.54 Å². The number of anilines is 2. The molecule has 1 fully saturated rings. The molecule has 10 nitrogen and oxygen atoms in total. The zero-order valence-corrected chi connectivity index (χ0v) is 21.9. The summed E-state index contributed by atoms with van der Waals surface area (Å²) in [6.07, 6.45) is 0. The molecule has 0 aliphatic carbocycles. The smallest absolute Gasteiger partial charge is 0.343 e. The molecule has 39 heavy (non-hydrogen) atoms. The van der Waals surface area contributed by atoms with Crippen molar-refractivity contribution >= 4 is 35.4 Å². The van der Waals surface area contributed by atoms with Gasteiger partial charge in [0.25, 0.3) is 0 Å². The summed E-state index contributed by atoms with van der Waals surface area (Å²) >= 11 is 6.03. The molecule has 0 unspecified atom stereocenters. The van der Waals surface area contributed by atoms with E-state index < -0.39 is 11.9 Å². The lowest BCUT2D eigenvalue weighted by molar-refractivity contribution is -0.118. The van der Waals surface area contributed by atoms with Crippen molar-refractivity contribution in [3.8, 4) is 0 Å². The first-order valence-corrected chi connectivity index (χ1v) is 12.7. The number of hydrogen-bond donors (Lipinski definition) is 4. The second kappa shape index (κ2) is 11.5. The number of imide groups is 1. The Morgan fingerprint density at radius 3 is 1.95 bits per heavy atom. The number of aromatic nitrogens is 3. The molecule has 4 N–H and O–H groups in total. The Labute approximate surface area is 230 Å². The van der Waals surface area contributed by atoms with Crippen LogP contribution in [0.5, 0.6) is 0 Å². The van der Waals surface area contributed by atoms with Gasteiger partial charge in [0.15, 0.2) is 0 Å². The van der Waals surface area contributed by atoms with Crippen molar-refractivity contribution in [3.05, 3.63) is 112 Å². The molecule has 0 atom stereocenters.